The van der Waals surface area contributed by atoms with E-state index in [4.69, 9.17) is 23.7 Å². The molecule has 2 aromatic carbocycles. The van der Waals surface area contributed by atoms with Gasteiger partial charge in [-0.25, -0.2) is 4.98 Å². The van der Waals surface area contributed by atoms with Gasteiger partial charge in [-0.3, -0.25) is 14.4 Å². The number of rotatable bonds is 16. The second kappa shape index (κ2) is 16.3. The summed E-state index contributed by atoms with van der Waals surface area (Å²) in [5, 5.41) is 0. The number of carbonyl (C=O) groups is 3. The maximum atomic E-state index is 13.2. The van der Waals surface area contributed by atoms with Crippen molar-refractivity contribution in [2.24, 2.45) is 11.8 Å². The van der Waals surface area contributed by atoms with Crippen molar-refractivity contribution in [3.8, 4) is 28.4 Å². The number of pyridine rings is 1. The fraction of sp³-hybridized carbons (Fsp3) is 0.412. The van der Waals surface area contributed by atoms with Gasteiger partial charge in [0.05, 0.1) is 13.0 Å². The molecule has 0 amide bonds. The van der Waals surface area contributed by atoms with Crippen LogP contribution in [0.2, 0.25) is 0 Å². The van der Waals surface area contributed by atoms with Crippen LogP contribution in [0.3, 0.4) is 0 Å². The molecule has 0 saturated carbocycles. The van der Waals surface area contributed by atoms with Crippen molar-refractivity contribution in [2.45, 2.75) is 66.1 Å². The number of ether oxygens (including phenoxy) is 5. The van der Waals surface area contributed by atoms with Gasteiger partial charge in [-0.2, -0.15) is 0 Å². The molecule has 0 N–H and O–H groups in total. The van der Waals surface area contributed by atoms with Gasteiger partial charge in [0.1, 0.15) is 18.0 Å². The quantitative estimate of drug-likeness (QED) is 0.102. The Morgan fingerprint density at radius 1 is 0.907 bits per heavy atom. The largest absolute Gasteiger partial charge is 0.493 e. The summed E-state index contributed by atoms with van der Waals surface area (Å²) in [5.41, 5.74) is 2.08. The molecule has 0 aliphatic carbocycles. The van der Waals surface area contributed by atoms with E-state index >= 15 is 0 Å². The summed E-state index contributed by atoms with van der Waals surface area (Å²) in [6.07, 6.45) is 1.94. The van der Waals surface area contributed by atoms with Crippen LogP contribution in [-0.4, -0.2) is 48.8 Å². The summed E-state index contributed by atoms with van der Waals surface area (Å²) in [7, 11) is 1.42. The first kappa shape index (κ1) is 33.1. The first-order valence-corrected chi connectivity index (χ1v) is 14.5. The van der Waals surface area contributed by atoms with Crippen molar-refractivity contribution < 1.29 is 38.1 Å². The topological polar surface area (TPSA) is 110 Å². The predicted molar refractivity (Wildman–Crippen MR) is 162 cm³/mol. The maximum absolute atomic E-state index is 13.2. The standard InChI is InChI=1S/C34H41NO8/c1-7-25(8-2)32(43-28-16-12-15-27(20-28)26-13-10-9-11-14-26)23(4)42-34(38)22(3)19-29(37)31-33(41-21-40-24(5)36)30(39-6)17-18-35-31/h9-18,20,22-23,25,32H,7-8,19,21H2,1-6H3/t22-,23+,32+/m1/s1. The van der Waals surface area contributed by atoms with Crippen molar-refractivity contribution >= 4 is 17.7 Å². The number of Topliss-reactive ketones (excluding diaryl/α,β-unsaturated/α-hetero) is 1. The average Bonchev–Trinajstić information content (AvgIpc) is 3.01. The molecular weight excluding hydrogens is 550 g/mol. The molecule has 0 bridgehead atoms. The van der Waals surface area contributed by atoms with Gasteiger partial charge >= 0.3 is 11.9 Å². The van der Waals surface area contributed by atoms with Crippen molar-refractivity contribution in [2.75, 3.05) is 13.9 Å². The van der Waals surface area contributed by atoms with Gasteiger partial charge in [0, 0.05) is 25.6 Å². The molecule has 0 fully saturated rings. The number of esters is 2. The zero-order chi connectivity index (χ0) is 31.4. The van der Waals surface area contributed by atoms with Crippen molar-refractivity contribution in [3.05, 3.63) is 72.6 Å². The number of nitrogens with zero attached hydrogens (tertiary/aromatic N) is 1. The molecule has 9 heteroatoms. The lowest BCUT2D eigenvalue weighted by Crippen LogP contribution is -2.40. The monoisotopic (exact) mass is 591 g/mol. The zero-order valence-electron chi connectivity index (χ0n) is 25.7. The number of ketones is 1. The molecule has 3 atom stereocenters. The lowest BCUT2D eigenvalue weighted by molar-refractivity contribution is -0.159. The minimum atomic E-state index is -0.770. The average molecular weight is 592 g/mol. The number of carbonyl (C=O) groups excluding carboxylic acids is 3. The lowest BCUT2D eigenvalue weighted by Gasteiger charge is -2.31. The number of aromatic nitrogens is 1. The van der Waals surface area contributed by atoms with Crippen LogP contribution in [0.1, 0.15) is 64.4 Å². The second-order valence-corrected chi connectivity index (χ2v) is 10.3. The summed E-state index contributed by atoms with van der Waals surface area (Å²) in [4.78, 5) is 41.7. The molecule has 0 saturated heterocycles. The van der Waals surface area contributed by atoms with E-state index in [0.29, 0.717) is 5.75 Å². The number of methoxy groups -OCH3 is 1. The highest BCUT2D eigenvalue weighted by atomic mass is 16.7. The number of hydrogen-bond donors (Lipinski definition) is 0. The summed E-state index contributed by atoms with van der Waals surface area (Å²) in [5.74, 6) is -1.18. The Labute approximate surface area is 253 Å². The number of hydrogen-bond acceptors (Lipinski definition) is 9. The Kier molecular flexibility index (Phi) is 12.5. The van der Waals surface area contributed by atoms with E-state index < -0.39 is 42.6 Å². The zero-order valence-corrected chi connectivity index (χ0v) is 25.7. The SMILES string of the molecule is CCC(CC)[C@@H](Oc1cccc(-c2ccccc2)c1)[C@H](C)OC(=O)[C@H](C)CC(=O)c1nccc(OC)c1OCOC(C)=O. The summed E-state index contributed by atoms with van der Waals surface area (Å²) >= 11 is 0. The third kappa shape index (κ3) is 9.30. The van der Waals surface area contributed by atoms with Crippen molar-refractivity contribution in [1.29, 1.82) is 0 Å². The minimum absolute atomic E-state index is 0.0317. The Bertz CT molecular complexity index is 1360. The van der Waals surface area contributed by atoms with Crippen LogP contribution in [0, 0.1) is 11.8 Å². The van der Waals surface area contributed by atoms with Gasteiger partial charge in [-0.05, 0) is 48.9 Å². The number of benzene rings is 2. The van der Waals surface area contributed by atoms with Crippen LogP contribution in [0.4, 0.5) is 0 Å². The van der Waals surface area contributed by atoms with Crippen LogP contribution >= 0.6 is 0 Å². The van der Waals surface area contributed by atoms with E-state index in [0.717, 1.165) is 24.0 Å². The van der Waals surface area contributed by atoms with E-state index in [-0.39, 0.29) is 29.5 Å². The Hall–Kier alpha value is -4.40. The molecular formula is C34H41NO8. The van der Waals surface area contributed by atoms with Crippen molar-refractivity contribution in [3.63, 3.8) is 0 Å². The summed E-state index contributed by atoms with van der Waals surface area (Å²) < 4.78 is 28.0. The van der Waals surface area contributed by atoms with E-state index in [1.165, 1.54) is 26.3 Å². The molecule has 43 heavy (non-hydrogen) atoms. The Morgan fingerprint density at radius 2 is 1.60 bits per heavy atom. The molecule has 230 valence electrons. The fourth-order valence-corrected chi connectivity index (χ4v) is 4.79. The van der Waals surface area contributed by atoms with Gasteiger partial charge in [0.25, 0.3) is 0 Å². The van der Waals surface area contributed by atoms with E-state index in [1.54, 1.807) is 6.92 Å². The molecule has 3 aromatic rings. The van der Waals surface area contributed by atoms with E-state index in [9.17, 15) is 14.4 Å². The molecule has 1 aromatic heterocycles. The Balaban J connectivity index is 1.72. The lowest BCUT2D eigenvalue weighted by atomic mass is 9.92. The molecule has 0 radical (unpaired) electrons. The van der Waals surface area contributed by atoms with Crippen LogP contribution < -0.4 is 14.2 Å². The van der Waals surface area contributed by atoms with Gasteiger partial charge in [-0.15, -0.1) is 0 Å². The van der Waals surface area contributed by atoms with Crippen LogP contribution in [-0.2, 0) is 19.1 Å². The van der Waals surface area contributed by atoms with Crippen molar-refractivity contribution in [1.82, 2.24) is 4.98 Å². The highest BCUT2D eigenvalue weighted by Gasteiger charge is 2.32. The van der Waals surface area contributed by atoms with E-state index in [1.807, 2.05) is 61.5 Å². The third-order valence-corrected chi connectivity index (χ3v) is 7.20. The van der Waals surface area contributed by atoms with Gasteiger partial charge in [0.15, 0.2) is 23.0 Å². The fourth-order valence-electron chi connectivity index (χ4n) is 4.79. The molecule has 0 aliphatic rings. The predicted octanol–water partition coefficient (Wildman–Crippen LogP) is 6.68. The smallest absolute Gasteiger partial charge is 0.309 e. The first-order valence-electron chi connectivity index (χ1n) is 14.5. The second-order valence-electron chi connectivity index (χ2n) is 10.3. The Morgan fingerprint density at radius 3 is 2.26 bits per heavy atom. The highest BCUT2D eigenvalue weighted by Crippen LogP contribution is 2.32. The molecule has 0 aliphatic heterocycles. The molecule has 0 unspecified atom stereocenters. The molecule has 3 rings (SSSR count). The van der Waals surface area contributed by atoms with Gasteiger partial charge in [-0.1, -0.05) is 63.2 Å². The normalized spacial score (nSPS) is 13.0. The van der Waals surface area contributed by atoms with Crippen LogP contribution in [0.25, 0.3) is 11.1 Å². The highest BCUT2D eigenvalue weighted by molar-refractivity contribution is 5.99. The maximum Gasteiger partial charge on any atom is 0.309 e. The third-order valence-electron chi connectivity index (χ3n) is 7.20. The first-order chi connectivity index (χ1) is 20.7. The van der Waals surface area contributed by atoms with Gasteiger partial charge < -0.3 is 23.7 Å². The molecule has 9 nitrogen and oxygen atoms in total. The molecule has 0 spiro atoms. The molecule has 1 heterocycles. The minimum Gasteiger partial charge on any atom is -0.493 e. The summed E-state index contributed by atoms with van der Waals surface area (Å²) in [6, 6.07) is 19.4. The summed E-state index contributed by atoms with van der Waals surface area (Å²) in [6.45, 7) is 8.44. The van der Waals surface area contributed by atoms with Crippen LogP contribution in [0.5, 0.6) is 17.2 Å². The van der Waals surface area contributed by atoms with Crippen LogP contribution in [0.15, 0.2) is 66.9 Å². The van der Waals surface area contributed by atoms with Gasteiger partial charge in [0.2, 0.25) is 6.79 Å². The van der Waals surface area contributed by atoms with E-state index in [2.05, 4.69) is 18.8 Å².